The van der Waals surface area contributed by atoms with Crippen LogP contribution in [0.4, 0.5) is 0 Å². The third-order valence-corrected chi connectivity index (χ3v) is 10.7. The van der Waals surface area contributed by atoms with Gasteiger partial charge in [-0.15, -0.1) is 0 Å². The lowest BCUT2D eigenvalue weighted by Gasteiger charge is -2.18. The van der Waals surface area contributed by atoms with E-state index in [0.29, 0.717) is 19.3 Å². The van der Waals surface area contributed by atoms with Crippen molar-refractivity contribution in [1.82, 2.24) is 0 Å². The Kier molecular flexibility index (Phi) is 46.9. The molecule has 61 heavy (non-hydrogen) atoms. The molecule has 0 bridgehead atoms. The molecule has 0 unspecified atom stereocenters. The van der Waals surface area contributed by atoms with Gasteiger partial charge >= 0.3 is 17.9 Å². The van der Waals surface area contributed by atoms with Crippen LogP contribution in [0.15, 0.2) is 72.9 Å². The van der Waals surface area contributed by atoms with Crippen molar-refractivity contribution < 1.29 is 28.6 Å². The molecule has 6 heteroatoms. The monoisotopic (exact) mass is 851 g/mol. The quantitative estimate of drug-likeness (QED) is 0.0263. The van der Waals surface area contributed by atoms with Crippen LogP contribution in [0.25, 0.3) is 0 Å². The zero-order valence-electron chi connectivity index (χ0n) is 39.9. The zero-order valence-corrected chi connectivity index (χ0v) is 39.9. The van der Waals surface area contributed by atoms with E-state index in [1.807, 2.05) is 6.08 Å². The largest absolute Gasteiger partial charge is 0.462 e. The molecule has 350 valence electrons. The molecular weight excluding hydrogens is 757 g/mol. The maximum Gasteiger partial charge on any atom is 0.306 e. The van der Waals surface area contributed by atoms with Crippen LogP contribution < -0.4 is 0 Å². The molecule has 6 nitrogen and oxygen atoms in total. The Morgan fingerprint density at radius 2 is 0.639 bits per heavy atom. The molecule has 0 saturated heterocycles. The van der Waals surface area contributed by atoms with Crippen LogP contribution in [0.2, 0.25) is 0 Å². The van der Waals surface area contributed by atoms with E-state index in [4.69, 9.17) is 14.2 Å². The molecule has 0 rings (SSSR count). The maximum atomic E-state index is 12.8. The minimum absolute atomic E-state index is 0.0955. The third-order valence-electron chi connectivity index (χ3n) is 10.7. The Labute approximate surface area is 376 Å². The molecule has 1 atom stereocenters. The van der Waals surface area contributed by atoms with Gasteiger partial charge < -0.3 is 14.2 Å². The fourth-order valence-electron chi connectivity index (χ4n) is 6.94. The van der Waals surface area contributed by atoms with Crippen molar-refractivity contribution >= 4 is 17.9 Å². The second-order valence-corrected chi connectivity index (χ2v) is 16.7. The minimum Gasteiger partial charge on any atom is -0.462 e. The van der Waals surface area contributed by atoms with Gasteiger partial charge in [-0.05, 0) is 57.8 Å². The van der Waals surface area contributed by atoms with Crippen LogP contribution in [0, 0.1) is 0 Å². The molecule has 0 saturated carbocycles. The fraction of sp³-hybridized carbons (Fsp3) is 0.727. The van der Waals surface area contributed by atoms with Crippen LogP contribution in [0.1, 0.15) is 239 Å². The summed E-state index contributed by atoms with van der Waals surface area (Å²) in [4.78, 5) is 37.9. The van der Waals surface area contributed by atoms with Crippen LogP contribution in [-0.2, 0) is 28.6 Å². The lowest BCUT2D eigenvalue weighted by molar-refractivity contribution is -0.166. The van der Waals surface area contributed by atoms with Crippen molar-refractivity contribution in [2.24, 2.45) is 0 Å². The second kappa shape index (κ2) is 49.5. The molecule has 0 aliphatic heterocycles. The van der Waals surface area contributed by atoms with Crippen molar-refractivity contribution in [3.63, 3.8) is 0 Å². The van der Waals surface area contributed by atoms with E-state index in [2.05, 4.69) is 87.6 Å². The summed E-state index contributed by atoms with van der Waals surface area (Å²) in [6.07, 6.45) is 61.8. The van der Waals surface area contributed by atoms with Gasteiger partial charge in [-0.3, -0.25) is 14.4 Å². The number of hydrogen-bond acceptors (Lipinski definition) is 6. The number of rotatable bonds is 45. The van der Waals surface area contributed by atoms with Crippen LogP contribution in [-0.4, -0.2) is 37.2 Å². The third kappa shape index (κ3) is 47.7. The number of unbranched alkanes of at least 4 members (excludes halogenated alkanes) is 22. The van der Waals surface area contributed by atoms with E-state index >= 15 is 0 Å². The highest BCUT2D eigenvalue weighted by molar-refractivity contribution is 5.71. The van der Waals surface area contributed by atoms with E-state index in [0.717, 1.165) is 77.0 Å². The van der Waals surface area contributed by atoms with Gasteiger partial charge in [0.25, 0.3) is 0 Å². The first-order valence-electron chi connectivity index (χ1n) is 25.4. The van der Waals surface area contributed by atoms with Crippen molar-refractivity contribution in [3.05, 3.63) is 72.9 Å². The summed E-state index contributed by atoms with van der Waals surface area (Å²) < 4.78 is 16.7. The smallest absolute Gasteiger partial charge is 0.306 e. The molecule has 0 N–H and O–H groups in total. The predicted molar refractivity (Wildman–Crippen MR) is 261 cm³/mol. The van der Waals surface area contributed by atoms with Crippen molar-refractivity contribution in [3.8, 4) is 0 Å². The zero-order chi connectivity index (χ0) is 44.4. The lowest BCUT2D eigenvalue weighted by Crippen LogP contribution is -2.30. The van der Waals surface area contributed by atoms with Crippen molar-refractivity contribution in [2.45, 2.75) is 245 Å². The summed E-state index contributed by atoms with van der Waals surface area (Å²) in [5.41, 5.74) is 0. The van der Waals surface area contributed by atoms with Gasteiger partial charge in [-0.2, -0.15) is 0 Å². The number of carbonyl (C=O) groups is 3. The maximum absolute atomic E-state index is 12.8. The van der Waals surface area contributed by atoms with Gasteiger partial charge in [0.2, 0.25) is 0 Å². The Hall–Kier alpha value is -3.15. The Morgan fingerprint density at radius 1 is 0.344 bits per heavy atom. The average Bonchev–Trinajstić information content (AvgIpc) is 3.26. The molecule has 0 fully saturated rings. The van der Waals surface area contributed by atoms with Gasteiger partial charge in [0.15, 0.2) is 6.10 Å². The molecular formula is C55H94O6. The van der Waals surface area contributed by atoms with E-state index < -0.39 is 6.10 Å². The summed E-state index contributed by atoms with van der Waals surface area (Å²) in [5, 5.41) is 0. The number of ether oxygens (including phenoxy) is 3. The second-order valence-electron chi connectivity index (χ2n) is 16.7. The normalized spacial score (nSPS) is 12.6. The molecule has 0 radical (unpaired) electrons. The summed E-state index contributed by atoms with van der Waals surface area (Å²) in [6.45, 7) is 6.45. The summed E-state index contributed by atoms with van der Waals surface area (Å²) >= 11 is 0. The average molecular weight is 851 g/mol. The van der Waals surface area contributed by atoms with Gasteiger partial charge in [-0.25, -0.2) is 0 Å². The molecule has 0 aliphatic rings. The van der Waals surface area contributed by atoms with Gasteiger partial charge in [0, 0.05) is 19.3 Å². The molecule has 0 aromatic heterocycles. The highest BCUT2D eigenvalue weighted by Crippen LogP contribution is 2.15. The van der Waals surface area contributed by atoms with Crippen molar-refractivity contribution in [1.29, 1.82) is 0 Å². The van der Waals surface area contributed by atoms with E-state index in [1.165, 1.54) is 116 Å². The molecule has 0 amide bonds. The topological polar surface area (TPSA) is 78.9 Å². The fourth-order valence-corrected chi connectivity index (χ4v) is 6.94. The molecule has 0 aliphatic carbocycles. The first kappa shape index (κ1) is 57.9. The SMILES string of the molecule is CC/C=C\C/C=C\C/C=C\C/C=C\C/C=C\C/C=C\CCC(=O)OC[C@H](COC(=O)CCCCCCCCCCCCCC)OC(=O)CCCCCCCCCCCCCC. The first-order valence-corrected chi connectivity index (χ1v) is 25.4. The summed E-state index contributed by atoms with van der Waals surface area (Å²) in [7, 11) is 0. The van der Waals surface area contributed by atoms with Crippen LogP contribution in [0.5, 0.6) is 0 Å². The standard InChI is InChI=1S/C55H94O6/c1-4-7-10-13-16-19-22-25-26-27-28-29-30-31-34-36-39-42-45-48-54(57)60-51-52(61-55(58)49-46-43-40-37-33-24-21-18-15-12-9-6-3)50-59-53(56)47-44-41-38-35-32-23-20-17-14-11-8-5-2/h7,10,16,19,25-26,28-29,31,34,39,42,52H,4-6,8-9,11-15,17-18,20-24,27,30,32-33,35-38,40-41,43-51H2,1-3H3/b10-7-,19-16-,26-25-,29-28-,34-31-,42-39-/t52-/m0/s1. The molecule has 0 spiro atoms. The number of hydrogen-bond donors (Lipinski definition) is 0. The number of carbonyl (C=O) groups excluding carboxylic acids is 3. The molecule has 0 heterocycles. The predicted octanol–water partition coefficient (Wildman–Crippen LogP) is 16.6. The number of esters is 3. The van der Waals surface area contributed by atoms with Gasteiger partial charge in [0.1, 0.15) is 13.2 Å². The lowest BCUT2D eigenvalue weighted by atomic mass is 10.0. The summed E-state index contributed by atoms with van der Waals surface area (Å²) in [5.74, 6) is -0.981. The Balaban J connectivity index is 4.46. The van der Waals surface area contributed by atoms with Gasteiger partial charge in [0.05, 0.1) is 0 Å². The first-order chi connectivity index (χ1) is 30.0. The van der Waals surface area contributed by atoms with Crippen LogP contribution in [0.3, 0.4) is 0 Å². The van der Waals surface area contributed by atoms with E-state index in [9.17, 15) is 14.4 Å². The van der Waals surface area contributed by atoms with Gasteiger partial charge in [-0.1, -0.05) is 235 Å². The summed E-state index contributed by atoms with van der Waals surface area (Å²) in [6, 6.07) is 0. The van der Waals surface area contributed by atoms with E-state index in [-0.39, 0.29) is 37.5 Å². The highest BCUT2D eigenvalue weighted by Gasteiger charge is 2.19. The number of allylic oxidation sites excluding steroid dienone is 12. The molecule has 0 aromatic carbocycles. The Bertz CT molecular complexity index is 1160. The van der Waals surface area contributed by atoms with Crippen LogP contribution >= 0.6 is 0 Å². The van der Waals surface area contributed by atoms with E-state index in [1.54, 1.807) is 0 Å². The molecule has 0 aromatic rings. The highest BCUT2D eigenvalue weighted by atomic mass is 16.6. The Morgan fingerprint density at radius 3 is 1.00 bits per heavy atom. The van der Waals surface area contributed by atoms with Crippen molar-refractivity contribution in [2.75, 3.05) is 13.2 Å². The minimum atomic E-state index is -0.800.